The highest BCUT2D eigenvalue weighted by atomic mass is 14.9. The number of aromatic nitrogens is 2. The van der Waals surface area contributed by atoms with Gasteiger partial charge in [0, 0.05) is 16.7 Å². The topological polar surface area (TPSA) is 25.8 Å². The van der Waals surface area contributed by atoms with Gasteiger partial charge in [-0.1, -0.05) is 79.4 Å². The maximum atomic E-state index is 4.81. The summed E-state index contributed by atoms with van der Waals surface area (Å²) in [6, 6.07) is 20.2. The Balaban J connectivity index is 2.28. The summed E-state index contributed by atoms with van der Waals surface area (Å²) in [4.78, 5) is 9.53. The fraction of sp³-hybridized carbons (Fsp3) is 0.0476. The van der Waals surface area contributed by atoms with Gasteiger partial charge in [-0.15, -0.1) is 0 Å². The zero-order valence-electron chi connectivity index (χ0n) is 13.1. The molecule has 0 amide bonds. The van der Waals surface area contributed by atoms with Crippen LogP contribution in [0.1, 0.15) is 18.2 Å². The minimum Gasteiger partial charge on any atom is -0.228 e. The minimum absolute atomic E-state index is 0.725. The van der Waals surface area contributed by atoms with Gasteiger partial charge in [-0.05, 0) is 13.0 Å². The van der Waals surface area contributed by atoms with Gasteiger partial charge in [-0.3, -0.25) is 0 Å². The van der Waals surface area contributed by atoms with Gasteiger partial charge in [-0.2, -0.15) is 0 Å². The van der Waals surface area contributed by atoms with Gasteiger partial charge < -0.3 is 0 Å². The smallest absolute Gasteiger partial charge is 0.160 e. The molecule has 0 fully saturated rings. The van der Waals surface area contributed by atoms with Crippen molar-refractivity contribution in [3.8, 4) is 22.6 Å². The van der Waals surface area contributed by atoms with Gasteiger partial charge in [0.05, 0.1) is 11.4 Å². The van der Waals surface area contributed by atoms with Crippen molar-refractivity contribution in [2.24, 2.45) is 0 Å². The molecule has 0 unspecified atom stereocenters. The highest BCUT2D eigenvalue weighted by Crippen LogP contribution is 2.28. The maximum Gasteiger partial charge on any atom is 0.160 e. The van der Waals surface area contributed by atoms with Crippen LogP contribution in [0.2, 0.25) is 0 Å². The van der Waals surface area contributed by atoms with Crippen molar-refractivity contribution in [1.82, 2.24) is 9.97 Å². The largest absolute Gasteiger partial charge is 0.228 e. The Labute approximate surface area is 136 Å². The molecule has 0 N–H and O–H groups in total. The molecule has 3 aromatic rings. The Morgan fingerprint density at radius 1 is 0.826 bits per heavy atom. The Morgan fingerprint density at radius 2 is 1.43 bits per heavy atom. The Morgan fingerprint density at radius 3 is 2.00 bits per heavy atom. The monoisotopic (exact) mass is 298 g/mol. The quantitative estimate of drug-likeness (QED) is 0.636. The van der Waals surface area contributed by atoms with E-state index in [1.165, 1.54) is 0 Å². The van der Waals surface area contributed by atoms with Crippen LogP contribution in [0.3, 0.4) is 0 Å². The molecule has 0 atom stereocenters. The van der Waals surface area contributed by atoms with Crippen LogP contribution in [-0.2, 0) is 0 Å². The molecule has 3 rings (SSSR count). The van der Waals surface area contributed by atoms with E-state index in [9.17, 15) is 0 Å². The van der Waals surface area contributed by atoms with Crippen LogP contribution >= 0.6 is 0 Å². The number of nitrogens with zero attached hydrogens (tertiary/aromatic N) is 2. The predicted octanol–water partition coefficient (Wildman–Crippen LogP) is 5.49. The SMILES string of the molecule is C=Cc1c(/C=C\C)nc(-c2ccccc2)nc1-c1ccccc1. The second-order valence-corrected chi connectivity index (χ2v) is 5.13. The summed E-state index contributed by atoms with van der Waals surface area (Å²) in [6.07, 6.45) is 5.81. The summed E-state index contributed by atoms with van der Waals surface area (Å²) in [7, 11) is 0. The molecule has 0 aliphatic rings. The number of allylic oxidation sites excluding steroid dienone is 1. The van der Waals surface area contributed by atoms with Crippen LogP contribution in [0, 0.1) is 0 Å². The van der Waals surface area contributed by atoms with Gasteiger partial charge in [0.25, 0.3) is 0 Å². The molecule has 0 aliphatic heterocycles. The van der Waals surface area contributed by atoms with E-state index in [-0.39, 0.29) is 0 Å². The van der Waals surface area contributed by atoms with Crippen LogP contribution in [-0.4, -0.2) is 9.97 Å². The summed E-state index contributed by atoms with van der Waals surface area (Å²) in [6.45, 7) is 5.93. The lowest BCUT2D eigenvalue weighted by Gasteiger charge is -2.11. The molecule has 0 radical (unpaired) electrons. The molecule has 1 aromatic heterocycles. The summed E-state index contributed by atoms with van der Waals surface area (Å²) in [5, 5.41) is 0. The lowest BCUT2D eigenvalue weighted by Crippen LogP contribution is -1.99. The molecule has 1 heterocycles. The highest BCUT2D eigenvalue weighted by Gasteiger charge is 2.13. The second kappa shape index (κ2) is 6.84. The number of hydrogen-bond acceptors (Lipinski definition) is 2. The molecule has 112 valence electrons. The average Bonchev–Trinajstić information content (AvgIpc) is 2.63. The van der Waals surface area contributed by atoms with Gasteiger partial charge in [0.1, 0.15) is 0 Å². The standard InChI is InChI=1S/C21H18N2/c1-3-11-19-18(4-2)20(16-12-7-5-8-13-16)23-21(22-19)17-14-9-6-10-15-17/h3-15H,2H2,1H3/b11-3-. The van der Waals surface area contributed by atoms with Crippen molar-refractivity contribution in [2.45, 2.75) is 6.92 Å². The van der Waals surface area contributed by atoms with Crippen LogP contribution < -0.4 is 0 Å². The third kappa shape index (κ3) is 3.11. The third-order valence-corrected chi connectivity index (χ3v) is 3.58. The first kappa shape index (κ1) is 14.9. The van der Waals surface area contributed by atoms with E-state index in [1.54, 1.807) is 0 Å². The fourth-order valence-electron chi connectivity index (χ4n) is 2.51. The lowest BCUT2D eigenvalue weighted by atomic mass is 10.0. The zero-order chi connectivity index (χ0) is 16.1. The molecule has 2 nitrogen and oxygen atoms in total. The molecule has 2 heteroatoms. The van der Waals surface area contributed by atoms with Crippen molar-refractivity contribution in [3.05, 3.63) is 84.6 Å². The highest BCUT2D eigenvalue weighted by molar-refractivity contribution is 5.78. The molecule has 0 saturated carbocycles. The Hall–Kier alpha value is -3.00. The Kier molecular flexibility index (Phi) is 4.44. The van der Waals surface area contributed by atoms with Crippen LogP contribution in [0.4, 0.5) is 0 Å². The van der Waals surface area contributed by atoms with E-state index >= 15 is 0 Å². The zero-order valence-corrected chi connectivity index (χ0v) is 13.1. The summed E-state index contributed by atoms with van der Waals surface area (Å²) in [5.41, 5.74) is 4.81. The van der Waals surface area contributed by atoms with E-state index in [0.717, 1.165) is 33.9 Å². The van der Waals surface area contributed by atoms with Gasteiger partial charge in [-0.25, -0.2) is 9.97 Å². The fourth-order valence-corrected chi connectivity index (χ4v) is 2.51. The number of hydrogen-bond donors (Lipinski definition) is 0. The first-order valence-electron chi connectivity index (χ1n) is 7.61. The Bertz CT molecular complexity index is 834. The molecular weight excluding hydrogens is 280 g/mol. The molecule has 0 saturated heterocycles. The first-order valence-corrected chi connectivity index (χ1v) is 7.61. The van der Waals surface area contributed by atoms with Crippen molar-refractivity contribution >= 4 is 12.2 Å². The number of rotatable bonds is 4. The van der Waals surface area contributed by atoms with E-state index in [2.05, 4.69) is 18.7 Å². The molecular formula is C21H18N2. The van der Waals surface area contributed by atoms with Gasteiger partial charge in [0.15, 0.2) is 5.82 Å². The van der Waals surface area contributed by atoms with E-state index < -0.39 is 0 Å². The second-order valence-electron chi connectivity index (χ2n) is 5.13. The minimum atomic E-state index is 0.725. The lowest BCUT2D eigenvalue weighted by molar-refractivity contribution is 1.15. The summed E-state index contributed by atoms with van der Waals surface area (Å²) in [5.74, 6) is 0.725. The molecule has 0 bridgehead atoms. The first-order chi connectivity index (χ1) is 11.3. The normalized spacial score (nSPS) is 10.8. The molecule has 0 spiro atoms. The maximum absolute atomic E-state index is 4.81. The van der Waals surface area contributed by atoms with E-state index in [4.69, 9.17) is 9.97 Å². The van der Waals surface area contributed by atoms with Crippen molar-refractivity contribution in [1.29, 1.82) is 0 Å². The van der Waals surface area contributed by atoms with Crippen molar-refractivity contribution in [2.75, 3.05) is 0 Å². The summed E-state index contributed by atoms with van der Waals surface area (Å²) < 4.78 is 0. The number of benzene rings is 2. The molecule has 2 aromatic carbocycles. The van der Waals surface area contributed by atoms with Crippen molar-refractivity contribution in [3.63, 3.8) is 0 Å². The van der Waals surface area contributed by atoms with Crippen LogP contribution in [0.15, 0.2) is 73.3 Å². The molecule has 23 heavy (non-hydrogen) atoms. The van der Waals surface area contributed by atoms with Gasteiger partial charge in [0.2, 0.25) is 0 Å². The van der Waals surface area contributed by atoms with Crippen LogP contribution in [0.25, 0.3) is 34.8 Å². The van der Waals surface area contributed by atoms with E-state index in [0.29, 0.717) is 0 Å². The summed E-state index contributed by atoms with van der Waals surface area (Å²) >= 11 is 0. The predicted molar refractivity (Wildman–Crippen MR) is 97.7 cm³/mol. The van der Waals surface area contributed by atoms with Crippen LogP contribution in [0.5, 0.6) is 0 Å². The van der Waals surface area contributed by atoms with Gasteiger partial charge >= 0.3 is 0 Å². The molecule has 0 aliphatic carbocycles. The van der Waals surface area contributed by atoms with E-state index in [1.807, 2.05) is 73.7 Å². The third-order valence-electron chi connectivity index (χ3n) is 3.58. The average molecular weight is 298 g/mol. The van der Waals surface area contributed by atoms with Crippen molar-refractivity contribution < 1.29 is 0 Å².